The Morgan fingerprint density at radius 3 is 2.83 bits per heavy atom. The van der Waals surface area contributed by atoms with Crippen molar-refractivity contribution in [2.75, 3.05) is 18.5 Å². The van der Waals surface area contributed by atoms with Crippen LogP contribution in [0.5, 0.6) is 0 Å². The highest BCUT2D eigenvalue weighted by atomic mass is 35.5. The quantitative estimate of drug-likeness (QED) is 0.277. The molecule has 1 aliphatic carbocycles. The highest BCUT2D eigenvalue weighted by Gasteiger charge is 2.36. The monoisotopic (exact) mass is 607 g/mol. The van der Waals surface area contributed by atoms with Crippen LogP contribution in [0.2, 0.25) is 5.02 Å². The van der Waals surface area contributed by atoms with E-state index in [1.54, 1.807) is 23.6 Å². The van der Waals surface area contributed by atoms with Gasteiger partial charge in [-0.3, -0.25) is 13.9 Å². The van der Waals surface area contributed by atoms with Crippen LogP contribution < -0.4 is 10.5 Å². The molecule has 1 aliphatic heterocycles. The standard InChI is InChI=1S/C25H26ClN5O7S2/c26-16-2-1-13-3-4-31(25(34)35)22(18(13)7-16)15-6-21(39-11-15)23(33)19-9-28-12-29-24(19)30-17-5-14(20(32)8-17)10-38-40(27,36)37/h1-2,6-7,9,11-12,14,17,20,22,32H,3-5,8,10H2,(H,34,35)(H2,27,36,37)(H,28,29,30)/t14-,17-,20+,22-/m1/s1. The molecule has 40 heavy (non-hydrogen) atoms. The summed E-state index contributed by atoms with van der Waals surface area (Å²) in [6.45, 7) is 0.0550. The Morgan fingerprint density at radius 2 is 2.08 bits per heavy atom. The van der Waals surface area contributed by atoms with Crippen molar-refractivity contribution in [1.82, 2.24) is 14.9 Å². The average Bonchev–Trinajstić information content (AvgIpc) is 3.52. The molecule has 12 nitrogen and oxygen atoms in total. The number of carbonyl (C=O) groups excluding carboxylic acids is 1. The molecule has 15 heteroatoms. The van der Waals surface area contributed by atoms with Gasteiger partial charge in [0, 0.05) is 29.7 Å². The summed E-state index contributed by atoms with van der Waals surface area (Å²) in [6, 6.07) is 6.20. The van der Waals surface area contributed by atoms with Crippen LogP contribution >= 0.6 is 22.9 Å². The third-order valence-corrected chi connectivity index (χ3v) is 8.79. The molecule has 1 amide bonds. The number of aliphatic hydroxyl groups excluding tert-OH is 1. The molecule has 0 bridgehead atoms. The fourth-order valence-corrected chi connectivity index (χ4v) is 6.71. The van der Waals surface area contributed by atoms with Crippen molar-refractivity contribution in [2.45, 2.75) is 37.5 Å². The van der Waals surface area contributed by atoms with Crippen LogP contribution in [0.4, 0.5) is 10.6 Å². The molecule has 5 N–H and O–H groups in total. The Balaban J connectivity index is 1.37. The highest BCUT2D eigenvalue weighted by Crippen LogP contribution is 2.39. The van der Waals surface area contributed by atoms with E-state index in [0.717, 1.165) is 11.1 Å². The van der Waals surface area contributed by atoms with E-state index < -0.39 is 34.5 Å². The van der Waals surface area contributed by atoms with Gasteiger partial charge in [0.1, 0.15) is 12.1 Å². The van der Waals surface area contributed by atoms with Crippen molar-refractivity contribution < 1.29 is 32.4 Å². The maximum atomic E-state index is 13.6. The van der Waals surface area contributed by atoms with Crippen LogP contribution in [-0.2, 0) is 20.9 Å². The van der Waals surface area contributed by atoms with E-state index in [9.17, 15) is 28.2 Å². The number of amides is 1. The number of aromatic nitrogens is 2. The van der Waals surface area contributed by atoms with E-state index in [1.165, 1.54) is 28.8 Å². The molecule has 1 aromatic carbocycles. The van der Waals surface area contributed by atoms with Gasteiger partial charge < -0.3 is 15.5 Å². The number of hydrogen-bond acceptors (Lipinski definition) is 10. The van der Waals surface area contributed by atoms with Crippen LogP contribution in [0.15, 0.2) is 42.2 Å². The van der Waals surface area contributed by atoms with E-state index in [4.69, 9.17) is 16.7 Å². The van der Waals surface area contributed by atoms with E-state index >= 15 is 0 Å². The molecular formula is C25H26ClN5O7S2. The lowest BCUT2D eigenvalue weighted by Crippen LogP contribution is -2.39. The van der Waals surface area contributed by atoms with E-state index in [-0.39, 0.29) is 36.2 Å². The Kier molecular flexibility index (Phi) is 8.08. The second kappa shape index (κ2) is 11.4. The third-order valence-electron chi connectivity index (χ3n) is 7.14. The van der Waals surface area contributed by atoms with Gasteiger partial charge in [-0.05, 0) is 59.5 Å². The number of benzene rings is 1. The summed E-state index contributed by atoms with van der Waals surface area (Å²) in [5.74, 6) is -0.557. The normalized spacial score (nSPS) is 22.6. The lowest BCUT2D eigenvalue weighted by molar-refractivity contribution is 0.101. The third kappa shape index (κ3) is 6.11. The van der Waals surface area contributed by atoms with Crippen LogP contribution in [0.25, 0.3) is 0 Å². The number of halogens is 1. The number of anilines is 1. The number of aliphatic hydroxyl groups is 1. The van der Waals surface area contributed by atoms with Gasteiger partial charge in [0.25, 0.3) is 0 Å². The van der Waals surface area contributed by atoms with Crippen LogP contribution in [0.3, 0.4) is 0 Å². The molecule has 3 heterocycles. The van der Waals surface area contributed by atoms with Crippen molar-refractivity contribution in [3.05, 3.63) is 74.3 Å². The maximum absolute atomic E-state index is 13.6. The van der Waals surface area contributed by atoms with Crippen LogP contribution in [0, 0.1) is 5.92 Å². The fraction of sp³-hybridized carbons (Fsp3) is 0.360. The largest absolute Gasteiger partial charge is 0.465 e. The smallest absolute Gasteiger partial charge is 0.408 e. The van der Waals surface area contributed by atoms with E-state index in [1.807, 2.05) is 6.07 Å². The van der Waals surface area contributed by atoms with Crippen molar-refractivity contribution in [3.8, 4) is 0 Å². The van der Waals surface area contributed by atoms with Gasteiger partial charge in [0.05, 0.1) is 29.2 Å². The SMILES string of the molecule is NS(=O)(=O)OC[C@H]1C[C@@H](Nc2ncncc2C(=O)c2cc([C@@H]3c4cc(Cl)ccc4CCN3C(=O)O)cs2)C[C@@H]1O. The van der Waals surface area contributed by atoms with Crippen molar-refractivity contribution in [3.63, 3.8) is 0 Å². The minimum atomic E-state index is -4.13. The first-order valence-electron chi connectivity index (χ1n) is 12.3. The zero-order chi connectivity index (χ0) is 28.6. The minimum absolute atomic E-state index is 0.205. The van der Waals surface area contributed by atoms with Gasteiger partial charge in [-0.25, -0.2) is 19.9 Å². The summed E-state index contributed by atoms with van der Waals surface area (Å²) in [7, 11) is -4.13. The van der Waals surface area contributed by atoms with Crippen LogP contribution in [0.1, 0.15) is 50.8 Å². The number of nitrogens with one attached hydrogen (secondary N) is 1. The predicted octanol–water partition coefficient (Wildman–Crippen LogP) is 2.82. The summed E-state index contributed by atoms with van der Waals surface area (Å²) >= 11 is 7.43. The fourth-order valence-electron chi connectivity index (χ4n) is 5.28. The molecule has 1 saturated carbocycles. The Bertz CT molecular complexity index is 1550. The number of fused-ring (bicyclic) bond motifs is 1. The zero-order valence-electron chi connectivity index (χ0n) is 20.9. The summed E-state index contributed by atoms with van der Waals surface area (Å²) in [6.07, 6.45) is 2.00. The number of nitrogens with zero attached hydrogens (tertiary/aromatic N) is 3. The van der Waals surface area contributed by atoms with Crippen molar-refractivity contribution >= 4 is 50.9 Å². The minimum Gasteiger partial charge on any atom is -0.465 e. The van der Waals surface area contributed by atoms with Gasteiger partial charge in [-0.1, -0.05) is 17.7 Å². The van der Waals surface area contributed by atoms with Gasteiger partial charge in [-0.15, -0.1) is 11.3 Å². The van der Waals surface area contributed by atoms with E-state index in [2.05, 4.69) is 19.5 Å². The molecule has 0 radical (unpaired) electrons. The van der Waals surface area contributed by atoms with Gasteiger partial charge in [0.2, 0.25) is 5.78 Å². The molecule has 1 fully saturated rings. The summed E-state index contributed by atoms with van der Waals surface area (Å²) in [5, 5.41) is 30.6. The van der Waals surface area contributed by atoms with Crippen molar-refractivity contribution in [1.29, 1.82) is 0 Å². The number of carboxylic acid groups (broad SMARTS) is 1. The molecule has 4 atom stereocenters. The Labute approximate surface area is 239 Å². The van der Waals surface area contributed by atoms with Gasteiger partial charge >= 0.3 is 16.4 Å². The molecular weight excluding hydrogens is 582 g/mol. The van der Waals surface area contributed by atoms with Gasteiger partial charge in [0.15, 0.2) is 0 Å². The first-order valence-corrected chi connectivity index (χ1v) is 15.1. The number of rotatable bonds is 8. The van der Waals surface area contributed by atoms with E-state index in [0.29, 0.717) is 34.8 Å². The predicted molar refractivity (Wildman–Crippen MR) is 147 cm³/mol. The first kappa shape index (κ1) is 28.4. The van der Waals surface area contributed by atoms with Gasteiger partial charge in [-0.2, -0.15) is 8.42 Å². The number of ketones is 1. The molecule has 3 aromatic rings. The summed E-state index contributed by atoms with van der Waals surface area (Å²) in [5.41, 5.74) is 2.64. The van der Waals surface area contributed by atoms with Crippen molar-refractivity contribution in [2.24, 2.45) is 11.1 Å². The molecule has 2 aromatic heterocycles. The highest BCUT2D eigenvalue weighted by molar-refractivity contribution is 7.84. The molecule has 2 aliphatic rings. The Morgan fingerprint density at radius 1 is 1.27 bits per heavy atom. The molecule has 212 valence electrons. The lowest BCUT2D eigenvalue weighted by atomic mass is 9.89. The molecule has 5 rings (SSSR count). The number of hydrogen-bond donors (Lipinski definition) is 4. The number of nitrogens with two attached hydrogens (primary N) is 1. The summed E-state index contributed by atoms with van der Waals surface area (Å²) in [4.78, 5) is 35.6. The first-order chi connectivity index (χ1) is 19.0. The second-order valence-electron chi connectivity index (χ2n) is 9.75. The second-order valence-corrected chi connectivity index (χ2v) is 12.3. The number of carbonyl (C=O) groups is 2. The molecule has 0 unspecified atom stereocenters. The molecule has 0 saturated heterocycles. The topological polar surface area (TPSA) is 185 Å². The maximum Gasteiger partial charge on any atom is 0.408 e. The molecule has 0 spiro atoms. The Hall–Kier alpha value is -3.14. The van der Waals surface area contributed by atoms with Crippen LogP contribution in [-0.4, -0.2) is 70.7 Å². The number of thiophene rings is 1. The zero-order valence-corrected chi connectivity index (χ0v) is 23.3. The lowest BCUT2D eigenvalue weighted by Gasteiger charge is -2.35. The summed E-state index contributed by atoms with van der Waals surface area (Å²) < 4.78 is 26.9. The average molecular weight is 608 g/mol.